The zero-order chi connectivity index (χ0) is 14.5. The molecule has 0 amide bonds. The number of oxime groups is 1. The number of aromatic nitrogens is 2. The molecule has 3 N–H and O–H groups in total. The number of anilines is 1. The molecule has 0 aliphatic rings. The van der Waals surface area contributed by atoms with Crippen LogP contribution in [-0.2, 0) is 6.54 Å². The maximum atomic E-state index is 8.80. The van der Waals surface area contributed by atoms with Crippen LogP contribution in [0.3, 0.4) is 0 Å². The van der Waals surface area contributed by atoms with Crippen molar-refractivity contribution < 1.29 is 5.21 Å². The quantitative estimate of drug-likeness (QED) is 0.381. The molecule has 0 radical (unpaired) electrons. The van der Waals surface area contributed by atoms with Gasteiger partial charge >= 0.3 is 0 Å². The molecule has 1 aromatic carbocycles. The molecular weight excluding hydrogens is 254 g/mol. The first kappa shape index (κ1) is 13.8. The molecule has 0 aliphatic carbocycles. The Kier molecular flexibility index (Phi) is 4.14. The summed E-state index contributed by atoms with van der Waals surface area (Å²) in [6.07, 6.45) is 3.09. The molecule has 6 nitrogen and oxygen atoms in total. The van der Waals surface area contributed by atoms with E-state index in [4.69, 9.17) is 10.9 Å². The van der Waals surface area contributed by atoms with Crippen molar-refractivity contribution in [3.63, 3.8) is 0 Å². The highest BCUT2D eigenvalue weighted by atomic mass is 16.4. The van der Waals surface area contributed by atoms with Gasteiger partial charge in [-0.3, -0.25) is 0 Å². The van der Waals surface area contributed by atoms with Crippen molar-refractivity contribution in [1.29, 1.82) is 0 Å². The highest BCUT2D eigenvalue weighted by Gasteiger charge is 2.14. The van der Waals surface area contributed by atoms with Gasteiger partial charge in [-0.2, -0.15) is 0 Å². The lowest BCUT2D eigenvalue weighted by molar-refractivity contribution is 0.318. The minimum absolute atomic E-state index is 0.0517. The third kappa shape index (κ3) is 3.03. The molecule has 0 fully saturated rings. The van der Waals surface area contributed by atoms with Gasteiger partial charge < -0.3 is 15.8 Å². The van der Waals surface area contributed by atoms with E-state index in [0.29, 0.717) is 18.1 Å². The van der Waals surface area contributed by atoms with E-state index in [1.807, 2.05) is 37.1 Å². The SMILES string of the molecule is Cc1cccc(CN(C)c2nccnc2C(N)=NO)c1. The summed E-state index contributed by atoms with van der Waals surface area (Å²) in [7, 11) is 1.89. The number of amidine groups is 1. The van der Waals surface area contributed by atoms with Crippen molar-refractivity contribution in [3.8, 4) is 0 Å². The van der Waals surface area contributed by atoms with Crippen LogP contribution in [0.4, 0.5) is 5.82 Å². The van der Waals surface area contributed by atoms with Gasteiger partial charge in [-0.1, -0.05) is 35.0 Å². The number of hydrogen-bond acceptors (Lipinski definition) is 5. The van der Waals surface area contributed by atoms with Gasteiger partial charge in [-0.25, -0.2) is 9.97 Å². The average Bonchev–Trinajstić information content (AvgIpc) is 2.46. The Labute approximate surface area is 117 Å². The summed E-state index contributed by atoms with van der Waals surface area (Å²) in [5.41, 5.74) is 8.34. The van der Waals surface area contributed by atoms with E-state index in [-0.39, 0.29) is 5.84 Å². The molecule has 0 saturated heterocycles. The van der Waals surface area contributed by atoms with Gasteiger partial charge in [0.2, 0.25) is 0 Å². The molecule has 0 spiro atoms. The van der Waals surface area contributed by atoms with Crippen LogP contribution in [0.2, 0.25) is 0 Å². The highest BCUT2D eigenvalue weighted by Crippen LogP contribution is 2.16. The van der Waals surface area contributed by atoms with Crippen molar-refractivity contribution in [2.75, 3.05) is 11.9 Å². The van der Waals surface area contributed by atoms with E-state index in [0.717, 1.165) is 5.56 Å². The van der Waals surface area contributed by atoms with Gasteiger partial charge in [0.25, 0.3) is 0 Å². The molecule has 0 saturated carbocycles. The standard InChI is InChI=1S/C14H17N5O/c1-10-4-3-5-11(8-10)9-19(2)14-12(13(15)18-20)16-6-7-17-14/h3-8,20H,9H2,1-2H3,(H2,15,18). The van der Waals surface area contributed by atoms with Crippen molar-refractivity contribution in [1.82, 2.24) is 9.97 Å². The number of benzene rings is 1. The van der Waals surface area contributed by atoms with Crippen LogP contribution >= 0.6 is 0 Å². The average molecular weight is 271 g/mol. The van der Waals surface area contributed by atoms with Gasteiger partial charge in [0, 0.05) is 26.0 Å². The molecule has 0 aliphatic heterocycles. The topological polar surface area (TPSA) is 87.6 Å². The molecule has 0 unspecified atom stereocenters. The van der Waals surface area contributed by atoms with Crippen LogP contribution in [0.15, 0.2) is 41.8 Å². The maximum Gasteiger partial charge on any atom is 0.192 e. The summed E-state index contributed by atoms with van der Waals surface area (Å²) >= 11 is 0. The molecule has 20 heavy (non-hydrogen) atoms. The van der Waals surface area contributed by atoms with Gasteiger partial charge in [0.05, 0.1) is 0 Å². The summed E-state index contributed by atoms with van der Waals surface area (Å²) < 4.78 is 0. The van der Waals surface area contributed by atoms with Gasteiger partial charge in [0.15, 0.2) is 17.3 Å². The van der Waals surface area contributed by atoms with Gasteiger partial charge in [0.1, 0.15) is 0 Å². The van der Waals surface area contributed by atoms with Crippen molar-refractivity contribution in [2.24, 2.45) is 10.9 Å². The fourth-order valence-corrected chi connectivity index (χ4v) is 2.00. The molecule has 1 heterocycles. The van der Waals surface area contributed by atoms with Gasteiger partial charge in [-0.05, 0) is 12.5 Å². The molecule has 6 heteroatoms. The second kappa shape index (κ2) is 6.01. The molecule has 0 bridgehead atoms. The zero-order valence-corrected chi connectivity index (χ0v) is 11.5. The molecule has 1 aromatic heterocycles. The highest BCUT2D eigenvalue weighted by molar-refractivity contribution is 5.99. The third-order valence-corrected chi connectivity index (χ3v) is 2.89. The lowest BCUT2D eigenvalue weighted by atomic mass is 10.1. The second-order valence-corrected chi connectivity index (χ2v) is 4.56. The predicted octanol–water partition coefficient (Wildman–Crippen LogP) is 1.52. The van der Waals surface area contributed by atoms with E-state index < -0.39 is 0 Å². The van der Waals surface area contributed by atoms with E-state index in [9.17, 15) is 0 Å². The fourth-order valence-electron chi connectivity index (χ4n) is 2.00. The monoisotopic (exact) mass is 271 g/mol. The van der Waals surface area contributed by atoms with E-state index in [1.165, 1.54) is 11.8 Å². The molecule has 2 rings (SSSR count). The Bertz CT molecular complexity index is 626. The third-order valence-electron chi connectivity index (χ3n) is 2.89. The second-order valence-electron chi connectivity index (χ2n) is 4.56. The largest absolute Gasteiger partial charge is 0.409 e. The fraction of sp³-hybridized carbons (Fsp3) is 0.214. The van der Waals surface area contributed by atoms with Crippen molar-refractivity contribution >= 4 is 11.7 Å². The summed E-state index contributed by atoms with van der Waals surface area (Å²) in [5.74, 6) is 0.522. The lowest BCUT2D eigenvalue weighted by Gasteiger charge is -2.20. The predicted molar refractivity (Wildman–Crippen MR) is 77.8 cm³/mol. The van der Waals surface area contributed by atoms with Crippen molar-refractivity contribution in [2.45, 2.75) is 13.5 Å². The smallest absolute Gasteiger partial charge is 0.192 e. The Morgan fingerprint density at radius 2 is 2.10 bits per heavy atom. The summed E-state index contributed by atoms with van der Waals surface area (Å²) in [6.45, 7) is 2.71. The normalized spacial score (nSPS) is 11.4. The molecule has 104 valence electrons. The molecular formula is C14H17N5O. The van der Waals surface area contributed by atoms with Gasteiger partial charge in [-0.15, -0.1) is 0 Å². The zero-order valence-electron chi connectivity index (χ0n) is 11.5. The van der Waals surface area contributed by atoms with Crippen LogP contribution in [0, 0.1) is 6.92 Å². The molecule has 2 aromatic rings. The Morgan fingerprint density at radius 3 is 2.80 bits per heavy atom. The summed E-state index contributed by atoms with van der Waals surface area (Å²) in [6, 6.07) is 8.21. The number of nitrogens with two attached hydrogens (primary N) is 1. The Balaban J connectivity index is 2.28. The number of aryl methyl sites for hydroxylation is 1. The summed E-state index contributed by atoms with van der Waals surface area (Å²) in [4.78, 5) is 10.3. The number of nitrogens with zero attached hydrogens (tertiary/aromatic N) is 4. The van der Waals surface area contributed by atoms with E-state index in [2.05, 4.69) is 21.2 Å². The number of rotatable bonds is 4. The maximum absolute atomic E-state index is 8.80. The van der Waals surface area contributed by atoms with Crippen LogP contribution in [0.5, 0.6) is 0 Å². The molecule has 0 atom stereocenters. The first-order valence-electron chi connectivity index (χ1n) is 6.17. The van der Waals surface area contributed by atoms with Crippen LogP contribution in [0.1, 0.15) is 16.8 Å². The van der Waals surface area contributed by atoms with E-state index >= 15 is 0 Å². The first-order valence-corrected chi connectivity index (χ1v) is 6.17. The summed E-state index contributed by atoms with van der Waals surface area (Å²) in [5, 5.41) is 11.8. The van der Waals surface area contributed by atoms with E-state index in [1.54, 1.807) is 6.20 Å². The number of hydrogen-bond donors (Lipinski definition) is 2. The van der Waals surface area contributed by atoms with Crippen molar-refractivity contribution in [3.05, 3.63) is 53.5 Å². The Hall–Kier alpha value is -2.63. The van der Waals surface area contributed by atoms with Crippen LogP contribution < -0.4 is 10.6 Å². The minimum atomic E-state index is -0.0517. The first-order chi connectivity index (χ1) is 9.61. The van der Waals surface area contributed by atoms with Crippen LogP contribution in [-0.4, -0.2) is 28.1 Å². The minimum Gasteiger partial charge on any atom is -0.409 e. The lowest BCUT2D eigenvalue weighted by Crippen LogP contribution is -2.25. The Morgan fingerprint density at radius 1 is 1.35 bits per heavy atom. The van der Waals surface area contributed by atoms with Crippen LogP contribution in [0.25, 0.3) is 0 Å².